The second-order valence-electron chi connectivity index (χ2n) is 5.03. The number of hydrogen-bond acceptors (Lipinski definition) is 5. The Hall–Kier alpha value is -1.64. The average molecular weight is 305 g/mol. The van der Waals surface area contributed by atoms with Crippen molar-refractivity contribution in [2.75, 3.05) is 18.5 Å². The standard InChI is InChI=1S/C12H18F3N5O/c1-3-4-7-19(2)11-16-17-18-20(11)8-9-5-6-10(21-9)12(13,14)15/h3,9-10H,1,4-8H2,2H3. The van der Waals surface area contributed by atoms with Crippen molar-refractivity contribution >= 4 is 5.95 Å². The lowest BCUT2D eigenvalue weighted by molar-refractivity contribution is -0.215. The molecule has 1 aromatic rings. The van der Waals surface area contributed by atoms with Crippen molar-refractivity contribution in [3.8, 4) is 0 Å². The SMILES string of the molecule is C=CCCN(C)c1nnnn1CC1CCC(C(F)(F)F)O1. The molecular weight excluding hydrogens is 287 g/mol. The topological polar surface area (TPSA) is 56.1 Å². The molecule has 1 saturated heterocycles. The lowest BCUT2D eigenvalue weighted by atomic mass is 10.2. The molecule has 1 aliphatic heterocycles. The summed E-state index contributed by atoms with van der Waals surface area (Å²) in [6.45, 7) is 4.54. The highest BCUT2D eigenvalue weighted by Crippen LogP contribution is 2.33. The van der Waals surface area contributed by atoms with E-state index in [4.69, 9.17) is 4.74 Å². The van der Waals surface area contributed by atoms with Gasteiger partial charge in [-0.05, 0) is 29.7 Å². The first-order chi connectivity index (χ1) is 9.91. The predicted octanol–water partition coefficient (Wildman–Crippen LogP) is 1.80. The lowest BCUT2D eigenvalue weighted by Crippen LogP contribution is -2.30. The molecule has 1 fully saturated rings. The van der Waals surface area contributed by atoms with Gasteiger partial charge in [-0.2, -0.15) is 13.2 Å². The van der Waals surface area contributed by atoms with E-state index in [0.29, 0.717) is 18.9 Å². The Kier molecular flexibility index (Phi) is 4.81. The minimum atomic E-state index is -4.31. The summed E-state index contributed by atoms with van der Waals surface area (Å²) < 4.78 is 44.2. The number of hydrogen-bond donors (Lipinski definition) is 0. The molecule has 0 radical (unpaired) electrons. The number of nitrogens with zero attached hydrogens (tertiary/aromatic N) is 5. The van der Waals surface area contributed by atoms with Crippen molar-refractivity contribution in [2.45, 2.75) is 44.2 Å². The highest BCUT2D eigenvalue weighted by molar-refractivity contribution is 5.26. The van der Waals surface area contributed by atoms with Crippen LogP contribution in [-0.4, -0.2) is 52.2 Å². The fourth-order valence-electron chi connectivity index (χ4n) is 2.25. The lowest BCUT2D eigenvalue weighted by Gasteiger charge is -2.19. The first kappa shape index (κ1) is 15.7. The first-order valence-corrected chi connectivity index (χ1v) is 6.72. The van der Waals surface area contributed by atoms with Gasteiger partial charge in [0.15, 0.2) is 6.10 Å². The Morgan fingerprint density at radius 3 is 2.86 bits per heavy atom. The Morgan fingerprint density at radius 1 is 1.48 bits per heavy atom. The molecule has 2 unspecified atom stereocenters. The molecule has 0 bridgehead atoms. The van der Waals surface area contributed by atoms with Crippen molar-refractivity contribution in [1.82, 2.24) is 20.2 Å². The van der Waals surface area contributed by atoms with Gasteiger partial charge in [0.1, 0.15) is 0 Å². The molecule has 0 spiro atoms. The smallest absolute Gasteiger partial charge is 0.364 e. The second kappa shape index (κ2) is 6.42. The zero-order valence-electron chi connectivity index (χ0n) is 11.8. The number of alkyl halides is 3. The van der Waals surface area contributed by atoms with E-state index in [1.807, 2.05) is 11.9 Å². The molecule has 0 saturated carbocycles. The van der Waals surface area contributed by atoms with Gasteiger partial charge in [0.2, 0.25) is 5.95 Å². The zero-order valence-corrected chi connectivity index (χ0v) is 11.8. The summed E-state index contributed by atoms with van der Waals surface area (Å²) >= 11 is 0. The number of ether oxygens (including phenoxy) is 1. The van der Waals surface area contributed by atoms with E-state index in [9.17, 15) is 13.2 Å². The highest BCUT2D eigenvalue weighted by Gasteiger charge is 2.45. The summed E-state index contributed by atoms with van der Waals surface area (Å²) in [6.07, 6.45) is -3.64. The molecule has 21 heavy (non-hydrogen) atoms. The minimum absolute atomic E-state index is 0.0159. The van der Waals surface area contributed by atoms with Gasteiger partial charge >= 0.3 is 6.18 Å². The number of halogens is 3. The van der Waals surface area contributed by atoms with Crippen molar-refractivity contribution in [2.24, 2.45) is 0 Å². The number of rotatable bonds is 6. The largest absolute Gasteiger partial charge is 0.414 e. The summed E-state index contributed by atoms with van der Waals surface area (Å²) in [7, 11) is 1.82. The monoisotopic (exact) mass is 305 g/mol. The maximum Gasteiger partial charge on any atom is 0.414 e. The molecule has 1 aromatic heterocycles. The second-order valence-corrected chi connectivity index (χ2v) is 5.03. The molecule has 0 aliphatic carbocycles. The third-order valence-electron chi connectivity index (χ3n) is 3.37. The van der Waals surface area contributed by atoms with Crippen LogP contribution in [0, 0.1) is 0 Å². The average Bonchev–Trinajstić information content (AvgIpc) is 3.05. The molecule has 2 rings (SSSR count). The third kappa shape index (κ3) is 3.93. The van der Waals surface area contributed by atoms with Crippen molar-refractivity contribution in [3.05, 3.63) is 12.7 Å². The van der Waals surface area contributed by atoms with Crippen molar-refractivity contribution in [1.29, 1.82) is 0 Å². The van der Waals surface area contributed by atoms with E-state index in [2.05, 4.69) is 22.1 Å². The van der Waals surface area contributed by atoms with E-state index in [1.165, 1.54) is 4.68 Å². The Bertz CT molecular complexity index is 476. The number of aromatic nitrogens is 4. The van der Waals surface area contributed by atoms with Gasteiger partial charge in [0.05, 0.1) is 12.6 Å². The van der Waals surface area contributed by atoms with Gasteiger partial charge < -0.3 is 9.64 Å². The van der Waals surface area contributed by atoms with Gasteiger partial charge in [-0.15, -0.1) is 6.58 Å². The Balaban J connectivity index is 1.95. The van der Waals surface area contributed by atoms with E-state index >= 15 is 0 Å². The van der Waals surface area contributed by atoms with Crippen molar-refractivity contribution in [3.63, 3.8) is 0 Å². The van der Waals surface area contributed by atoms with Crippen LogP contribution in [0.15, 0.2) is 12.7 Å². The fourth-order valence-corrected chi connectivity index (χ4v) is 2.25. The van der Waals surface area contributed by atoms with Gasteiger partial charge in [-0.1, -0.05) is 11.2 Å². The van der Waals surface area contributed by atoms with Crippen LogP contribution in [0.4, 0.5) is 19.1 Å². The summed E-state index contributed by atoms with van der Waals surface area (Å²) in [6, 6.07) is 0. The van der Waals surface area contributed by atoms with Gasteiger partial charge in [0.25, 0.3) is 0 Å². The van der Waals surface area contributed by atoms with Crippen LogP contribution in [0.3, 0.4) is 0 Å². The zero-order chi connectivity index (χ0) is 15.5. The highest BCUT2D eigenvalue weighted by atomic mass is 19.4. The molecule has 2 heterocycles. The first-order valence-electron chi connectivity index (χ1n) is 6.72. The summed E-state index contributed by atoms with van der Waals surface area (Å²) in [4.78, 5) is 1.83. The third-order valence-corrected chi connectivity index (χ3v) is 3.37. The van der Waals surface area contributed by atoms with Crippen LogP contribution in [0.2, 0.25) is 0 Å². The predicted molar refractivity (Wildman–Crippen MR) is 69.9 cm³/mol. The molecule has 9 heteroatoms. The molecule has 0 N–H and O–H groups in total. The van der Waals surface area contributed by atoms with Crippen LogP contribution in [0.1, 0.15) is 19.3 Å². The van der Waals surface area contributed by atoms with E-state index in [0.717, 1.165) is 6.42 Å². The normalized spacial score (nSPS) is 22.5. The van der Waals surface area contributed by atoms with Crippen LogP contribution >= 0.6 is 0 Å². The van der Waals surface area contributed by atoms with Gasteiger partial charge in [-0.3, -0.25) is 0 Å². The molecule has 1 aliphatic rings. The Morgan fingerprint density at radius 2 is 2.24 bits per heavy atom. The van der Waals surface area contributed by atoms with E-state index in [1.54, 1.807) is 6.08 Å². The van der Waals surface area contributed by atoms with Crippen LogP contribution in [0.5, 0.6) is 0 Å². The summed E-state index contributed by atoms with van der Waals surface area (Å²) in [5, 5.41) is 11.3. The molecule has 0 amide bonds. The van der Waals surface area contributed by atoms with E-state index < -0.39 is 18.4 Å². The number of tetrazole rings is 1. The molecule has 0 aromatic carbocycles. The maximum absolute atomic E-state index is 12.6. The fraction of sp³-hybridized carbons (Fsp3) is 0.750. The number of anilines is 1. The van der Waals surface area contributed by atoms with Gasteiger partial charge in [-0.25, -0.2) is 4.68 Å². The summed E-state index contributed by atoms with van der Waals surface area (Å²) in [5.41, 5.74) is 0. The molecule has 6 nitrogen and oxygen atoms in total. The Labute approximate surface area is 120 Å². The van der Waals surface area contributed by atoms with E-state index in [-0.39, 0.29) is 13.0 Å². The van der Waals surface area contributed by atoms with Crippen molar-refractivity contribution < 1.29 is 17.9 Å². The molecular formula is C12H18F3N5O. The van der Waals surface area contributed by atoms with Crippen LogP contribution in [-0.2, 0) is 11.3 Å². The maximum atomic E-state index is 12.6. The van der Waals surface area contributed by atoms with Crippen LogP contribution < -0.4 is 4.90 Å². The molecule has 118 valence electrons. The quantitative estimate of drug-likeness (QED) is 0.750. The van der Waals surface area contributed by atoms with Gasteiger partial charge in [0, 0.05) is 13.6 Å². The molecule has 2 atom stereocenters. The minimum Gasteiger partial charge on any atom is -0.364 e. The summed E-state index contributed by atoms with van der Waals surface area (Å²) in [5.74, 6) is 0.510. The van der Waals surface area contributed by atoms with Crippen LogP contribution in [0.25, 0.3) is 0 Å².